The van der Waals surface area contributed by atoms with E-state index in [1.165, 1.54) is 0 Å². The maximum absolute atomic E-state index is 12.2. The second-order valence-corrected chi connectivity index (χ2v) is 6.43. The van der Waals surface area contributed by atoms with Gasteiger partial charge in [0.1, 0.15) is 0 Å². The summed E-state index contributed by atoms with van der Waals surface area (Å²) in [7, 11) is 0. The molecular formula is C14H25N3OS. The van der Waals surface area contributed by atoms with Gasteiger partial charge in [-0.2, -0.15) is 11.8 Å². The highest BCUT2D eigenvalue weighted by atomic mass is 32.2. The normalized spacial score (nSPS) is 24.9. The van der Waals surface area contributed by atoms with Gasteiger partial charge in [-0.25, -0.2) is 4.79 Å². The lowest BCUT2D eigenvalue weighted by molar-refractivity contribution is 0.197. The first-order chi connectivity index (χ1) is 9.20. The van der Waals surface area contributed by atoms with E-state index in [0.717, 1.165) is 44.8 Å². The summed E-state index contributed by atoms with van der Waals surface area (Å²) in [5.74, 6) is 1.10. The number of nitrogens with one attached hydrogen (secondary N) is 1. The number of carbonyl (C=O) groups excluding carboxylic acids is 1. The zero-order valence-corrected chi connectivity index (χ0v) is 12.8. The Bertz CT molecular complexity index is 327. The average molecular weight is 283 g/mol. The molecule has 2 rings (SSSR count). The van der Waals surface area contributed by atoms with Crippen molar-refractivity contribution >= 4 is 17.8 Å². The first-order valence-corrected chi connectivity index (χ1v) is 8.53. The van der Waals surface area contributed by atoms with Gasteiger partial charge in [0.15, 0.2) is 0 Å². The quantitative estimate of drug-likeness (QED) is 0.781. The molecule has 5 heteroatoms. The summed E-state index contributed by atoms with van der Waals surface area (Å²) in [5, 5.41) is 3.11. The first kappa shape index (κ1) is 14.7. The van der Waals surface area contributed by atoms with E-state index in [1.54, 1.807) is 0 Å². The molecule has 0 unspecified atom stereocenters. The van der Waals surface area contributed by atoms with Gasteiger partial charge in [-0.3, -0.25) is 4.90 Å². The summed E-state index contributed by atoms with van der Waals surface area (Å²) in [6, 6.07) is 0.929. The standard InChI is InChI=1S/C14H25N3OS/c1-12(6-10-19-2)15-14(18)17-9-5-13(11-17)16-7-3-4-8-16/h3-4,12-13H,5-11H2,1-2H3,(H,15,18)/t12-,13-/m1/s1. The second kappa shape index (κ2) is 7.20. The fourth-order valence-corrected chi connectivity index (χ4v) is 3.27. The van der Waals surface area contributed by atoms with Gasteiger partial charge < -0.3 is 10.2 Å². The Morgan fingerprint density at radius 3 is 2.89 bits per heavy atom. The largest absolute Gasteiger partial charge is 0.336 e. The lowest BCUT2D eigenvalue weighted by atomic mass is 10.2. The van der Waals surface area contributed by atoms with Crippen molar-refractivity contribution in [3.05, 3.63) is 12.2 Å². The molecule has 2 heterocycles. The van der Waals surface area contributed by atoms with Crippen LogP contribution in [0, 0.1) is 0 Å². The van der Waals surface area contributed by atoms with Crippen LogP contribution in [0.3, 0.4) is 0 Å². The molecule has 4 nitrogen and oxygen atoms in total. The van der Waals surface area contributed by atoms with Crippen molar-refractivity contribution in [3.8, 4) is 0 Å². The first-order valence-electron chi connectivity index (χ1n) is 7.14. The molecule has 0 aromatic carbocycles. The van der Waals surface area contributed by atoms with Crippen LogP contribution in [0.2, 0.25) is 0 Å². The number of carbonyl (C=O) groups is 1. The molecule has 19 heavy (non-hydrogen) atoms. The summed E-state index contributed by atoms with van der Waals surface area (Å²) >= 11 is 1.83. The number of hydrogen-bond donors (Lipinski definition) is 1. The summed E-state index contributed by atoms with van der Waals surface area (Å²) in [5.41, 5.74) is 0. The maximum atomic E-state index is 12.2. The highest BCUT2D eigenvalue weighted by Crippen LogP contribution is 2.18. The molecular weight excluding hydrogens is 258 g/mol. The number of hydrogen-bond acceptors (Lipinski definition) is 3. The van der Waals surface area contributed by atoms with Gasteiger partial charge in [0, 0.05) is 38.3 Å². The van der Waals surface area contributed by atoms with Crippen molar-refractivity contribution in [2.75, 3.05) is 38.2 Å². The van der Waals surface area contributed by atoms with E-state index in [1.807, 2.05) is 16.7 Å². The van der Waals surface area contributed by atoms with Crippen LogP contribution in [0.15, 0.2) is 12.2 Å². The van der Waals surface area contributed by atoms with Crippen LogP contribution in [-0.4, -0.2) is 66.1 Å². The third-order valence-electron chi connectivity index (χ3n) is 3.94. The predicted molar refractivity (Wildman–Crippen MR) is 81.7 cm³/mol. The van der Waals surface area contributed by atoms with Gasteiger partial charge in [0.2, 0.25) is 0 Å². The molecule has 1 saturated heterocycles. The van der Waals surface area contributed by atoms with Crippen LogP contribution in [0.25, 0.3) is 0 Å². The van der Waals surface area contributed by atoms with Crippen molar-refractivity contribution in [3.63, 3.8) is 0 Å². The van der Waals surface area contributed by atoms with Crippen LogP contribution in [0.1, 0.15) is 19.8 Å². The SMILES string of the molecule is CSCC[C@@H](C)NC(=O)N1CC[C@@H](N2CC=CC2)C1. The molecule has 0 saturated carbocycles. The highest BCUT2D eigenvalue weighted by Gasteiger charge is 2.30. The topological polar surface area (TPSA) is 35.6 Å². The van der Waals surface area contributed by atoms with E-state index in [4.69, 9.17) is 0 Å². The molecule has 1 fully saturated rings. The Morgan fingerprint density at radius 2 is 2.21 bits per heavy atom. The van der Waals surface area contributed by atoms with Gasteiger partial charge >= 0.3 is 6.03 Å². The van der Waals surface area contributed by atoms with Gasteiger partial charge in [-0.1, -0.05) is 12.2 Å². The molecule has 0 aromatic rings. The van der Waals surface area contributed by atoms with Crippen molar-refractivity contribution < 1.29 is 4.79 Å². The summed E-state index contributed by atoms with van der Waals surface area (Å²) in [6.45, 7) is 5.95. The average Bonchev–Trinajstić information content (AvgIpc) is 3.05. The molecule has 2 aliphatic rings. The number of thioether (sulfide) groups is 1. The minimum absolute atomic E-state index is 0.114. The fraction of sp³-hybridized carbons (Fsp3) is 0.786. The van der Waals surface area contributed by atoms with Crippen LogP contribution in [-0.2, 0) is 0 Å². The fourth-order valence-electron chi connectivity index (χ4n) is 2.69. The third-order valence-corrected chi connectivity index (χ3v) is 4.58. The van der Waals surface area contributed by atoms with Gasteiger partial charge in [-0.05, 0) is 31.8 Å². The summed E-state index contributed by atoms with van der Waals surface area (Å²) in [4.78, 5) is 16.6. The maximum Gasteiger partial charge on any atom is 0.317 e. The second-order valence-electron chi connectivity index (χ2n) is 5.45. The molecule has 0 spiro atoms. The Labute approximate surface area is 120 Å². The van der Waals surface area contributed by atoms with E-state index in [9.17, 15) is 4.79 Å². The van der Waals surface area contributed by atoms with Crippen molar-refractivity contribution in [2.24, 2.45) is 0 Å². The minimum atomic E-state index is 0.114. The van der Waals surface area contributed by atoms with E-state index in [2.05, 4.69) is 35.5 Å². The van der Waals surface area contributed by atoms with Crippen LogP contribution < -0.4 is 5.32 Å². The molecule has 2 aliphatic heterocycles. The van der Waals surface area contributed by atoms with Crippen LogP contribution >= 0.6 is 11.8 Å². The molecule has 108 valence electrons. The summed E-state index contributed by atoms with van der Waals surface area (Å²) in [6.07, 6.45) is 8.68. The number of amides is 2. The number of rotatable bonds is 5. The molecule has 1 N–H and O–H groups in total. The van der Waals surface area contributed by atoms with Gasteiger partial charge in [-0.15, -0.1) is 0 Å². The third kappa shape index (κ3) is 4.14. The van der Waals surface area contributed by atoms with E-state index in [0.29, 0.717) is 6.04 Å². The lowest BCUT2D eigenvalue weighted by Gasteiger charge is -2.24. The lowest BCUT2D eigenvalue weighted by Crippen LogP contribution is -2.44. The Balaban J connectivity index is 1.72. The number of urea groups is 1. The van der Waals surface area contributed by atoms with Crippen molar-refractivity contribution in [1.82, 2.24) is 15.1 Å². The smallest absolute Gasteiger partial charge is 0.317 e. The number of nitrogens with zero attached hydrogens (tertiary/aromatic N) is 2. The highest BCUT2D eigenvalue weighted by molar-refractivity contribution is 7.98. The van der Waals surface area contributed by atoms with E-state index < -0.39 is 0 Å². The molecule has 2 amide bonds. The Hall–Kier alpha value is -0.680. The van der Waals surface area contributed by atoms with Crippen LogP contribution in [0.5, 0.6) is 0 Å². The zero-order chi connectivity index (χ0) is 13.7. The summed E-state index contributed by atoms with van der Waals surface area (Å²) < 4.78 is 0. The molecule has 0 radical (unpaired) electrons. The van der Waals surface area contributed by atoms with Gasteiger partial charge in [0.25, 0.3) is 0 Å². The minimum Gasteiger partial charge on any atom is -0.336 e. The van der Waals surface area contributed by atoms with Crippen molar-refractivity contribution in [1.29, 1.82) is 0 Å². The number of likely N-dealkylation sites (tertiary alicyclic amines) is 1. The monoisotopic (exact) mass is 283 g/mol. The molecule has 0 aromatic heterocycles. The predicted octanol–water partition coefficient (Wildman–Crippen LogP) is 1.78. The van der Waals surface area contributed by atoms with E-state index >= 15 is 0 Å². The Kier molecular flexibility index (Phi) is 5.58. The van der Waals surface area contributed by atoms with Crippen molar-refractivity contribution in [2.45, 2.75) is 31.8 Å². The van der Waals surface area contributed by atoms with Crippen LogP contribution in [0.4, 0.5) is 4.79 Å². The van der Waals surface area contributed by atoms with E-state index in [-0.39, 0.29) is 12.1 Å². The molecule has 0 bridgehead atoms. The Morgan fingerprint density at radius 1 is 1.47 bits per heavy atom. The molecule has 2 atom stereocenters. The van der Waals surface area contributed by atoms with Gasteiger partial charge in [0.05, 0.1) is 0 Å². The molecule has 0 aliphatic carbocycles. The zero-order valence-electron chi connectivity index (χ0n) is 12.0.